The van der Waals surface area contributed by atoms with Crippen LogP contribution >= 0.6 is 11.8 Å². The molecule has 1 aromatic carbocycles. The van der Waals surface area contributed by atoms with Gasteiger partial charge in [-0.3, -0.25) is 9.59 Å². The van der Waals surface area contributed by atoms with Crippen LogP contribution in [0.5, 0.6) is 0 Å². The minimum atomic E-state index is 0.0499. The van der Waals surface area contributed by atoms with Crippen molar-refractivity contribution in [1.29, 1.82) is 0 Å². The lowest BCUT2D eigenvalue weighted by Gasteiger charge is -2.34. The highest BCUT2D eigenvalue weighted by Gasteiger charge is 2.26. The van der Waals surface area contributed by atoms with E-state index in [0.717, 1.165) is 42.5 Å². The Morgan fingerprint density at radius 2 is 2.00 bits per heavy atom. The molecular formula is C17H23N3O2S. The van der Waals surface area contributed by atoms with E-state index in [2.05, 4.69) is 5.32 Å². The van der Waals surface area contributed by atoms with Crippen molar-refractivity contribution in [3.8, 4) is 0 Å². The van der Waals surface area contributed by atoms with Crippen LogP contribution in [0.2, 0.25) is 0 Å². The van der Waals surface area contributed by atoms with Gasteiger partial charge in [0.1, 0.15) is 0 Å². The van der Waals surface area contributed by atoms with Crippen molar-refractivity contribution in [2.75, 3.05) is 36.8 Å². The molecule has 0 radical (unpaired) electrons. The van der Waals surface area contributed by atoms with Gasteiger partial charge in [-0.05, 0) is 19.1 Å². The summed E-state index contributed by atoms with van der Waals surface area (Å²) in [5.74, 6) is 1.05. The van der Waals surface area contributed by atoms with Crippen LogP contribution in [-0.4, -0.2) is 54.7 Å². The van der Waals surface area contributed by atoms with Crippen LogP contribution in [0.4, 0.5) is 5.69 Å². The number of fused-ring (bicyclic) bond motifs is 1. The van der Waals surface area contributed by atoms with Crippen molar-refractivity contribution in [2.45, 2.75) is 30.7 Å². The number of amides is 2. The van der Waals surface area contributed by atoms with E-state index in [-0.39, 0.29) is 24.3 Å². The summed E-state index contributed by atoms with van der Waals surface area (Å²) in [7, 11) is 0. The van der Waals surface area contributed by atoms with Gasteiger partial charge >= 0.3 is 0 Å². The average Bonchev–Trinajstić information content (AvgIpc) is 2.59. The number of rotatable bonds is 3. The molecule has 0 spiro atoms. The standard InChI is InChI=1S/C17H23N3O2S/c1-13-12-18-8-9-19(13)16(21)6-7-17(22)20-10-11-23-15-5-3-2-4-14(15)20/h2-5,13,18H,6-12H2,1H3/t13-/m0/s1. The Hall–Kier alpha value is -1.53. The average molecular weight is 333 g/mol. The van der Waals surface area contributed by atoms with Crippen LogP contribution in [0.1, 0.15) is 19.8 Å². The van der Waals surface area contributed by atoms with E-state index in [1.165, 1.54) is 0 Å². The van der Waals surface area contributed by atoms with E-state index in [1.807, 2.05) is 41.0 Å². The molecule has 1 atom stereocenters. The summed E-state index contributed by atoms with van der Waals surface area (Å²) in [6.45, 7) is 5.16. The highest BCUT2D eigenvalue weighted by atomic mass is 32.2. The lowest BCUT2D eigenvalue weighted by molar-refractivity contribution is -0.135. The van der Waals surface area contributed by atoms with E-state index in [9.17, 15) is 9.59 Å². The first-order valence-electron chi connectivity index (χ1n) is 8.19. The number of para-hydroxylation sites is 1. The maximum Gasteiger partial charge on any atom is 0.227 e. The number of thioether (sulfide) groups is 1. The quantitative estimate of drug-likeness (QED) is 0.915. The van der Waals surface area contributed by atoms with Crippen LogP contribution in [0.25, 0.3) is 0 Å². The van der Waals surface area contributed by atoms with Gasteiger partial charge in [0.15, 0.2) is 0 Å². The van der Waals surface area contributed by atoms with Crippen LogP contribution < -0.4 is 10.2 Å². The fraction of sp³-hybridized carbons (Fsp3) is 0.529. The van der Waals surface area contributed by atoms with Gasteiger partial charge in [0.25, 0.3) is 0 Å². The molecule has 23 heavy (non-hydrogen) atoms. The summed E-state index contributed by atoms with van der Waals surface area (Å²) in [6, 6.07) is 8.19. The molecule has 6 heteroatoms. The third kappa shape index (κ3) is 3.70. The third-order valence-corrected chi connectivity index (χ3v) is 5.45. The number of nitrogens with one attached hydrogen (secondary N) is 1. The largest absolute Gasteiger partial charge is 0.337 e. The summed E-state index contributed by atoms with van der Waals surface area (Å²) < 4.78 is 0. The predicted molar refractivity (Wildman–Crippen MR) is 92.8 cm³/mol. The predicted octanol–water partition coefficient (Wildman–Crippen LogP) is 1.73. The Morgan fingerprint density at radius 3 is 2.83 bits per heavy atom. The second-order valence-corrected chi connectivity index (χ2v) is 7.14. The van der Waals surface area contributed by atoms with Crippen molar-refractivity contribution in [3.05, 3.63) is 24.3 Å². The third-order valence-electron chi connectivity index (χ3n) is 4.40. The van der Waals surface area contributed by atoms with Gasteiger partial charge in [-0.25, -0.2) is 0 Å². The molecule has 2 heterocycles. The molecule has 2 amide bonds. The summed E-state index contributed by atoms with van der Waals surface area (Å²) in [4.78, 5) is 29.8. The normalized spacial score (nSPS) is 21.0. The molecule has 0 saturated carbocycles. The molecule has 1 N–H and O–H groups in total. The van der Waals surface area contributed by atoms with Crippen molar-refractivity contribution >= 4 is 29.3 Å². The summed E-state index contributed by atoms with van der Waals surface area (Å²) in [5.41, 5.74) is 0.983. The maximum absolute atomic E-state index is 12.6. The number of piperazine rings is 1. The highest BCUT2D eigenvalue weighted by molar-refractivity contribution is 7.99. The zero-order valence-electron chi connectivity index (χ0n) is 13.5. The second kappa shape index (κ2) is 7.36. The molecule has 0 unspecified atom stereocenters. The SMILES string of the molecule is C[C@H]1CNCCN1C(=O)CCC(=O)N1CCSc2ccccc21. The molecule has 1 fully saturated rings. The van der Waals surface area contributed by atoms with Crippen LogP contribution in [-0.2, 0) is 9.59 Å². The Labute approximate surface area is 141 Å². The maximum atomic E-state index is 12.6. The van der Waals surface area contributed by atoms with Crippen LogP contribution in [0.15, 0.2) is 29.2 Å². The molecule has 2 aliphatic rings. The van der Waals surface area contributed by atoms with Crippen molar-refractivity contribution < 1.29 is 9.59 Å². The molecule has 0 aromatic heterocycles. The zero-order chi connectivity index (χ0) is 16.2. The minimum Gasteiger partial charge on any atom is -0.337 e. The molecule has 2 aliphatic heterocycles. The van der Waals surface area contributed by atoms with E-state index in [4.69, 9.17) is 0 Å². The monoisotopic (exact) mass is 333 g/mol. The van der Waals surface area contributed by atoms with E-state index < -0.39 is 0 Å². The number of carbonyl (C=O) groups excluding carboxylic acids is 2. The number of carbonyl (C=O) groups is 2. The van der Waals surface area contributed by atoms with E-state index in [1.54, 1.807) is 11.8 Å². The Kier molecular flexibility index (Phi) is 5.23. The lowest BCUT2D eigenvalue weighted by Crippen LogP contribution is -2.52. The van der Waals surface area contributed by atoms with Crippen molar-refractivity contribution in [2.24, 2.45) is 0 Å². The summed E-state index contributed by atoms with van der Waals surface area (Å²) in [5, 5.41) is 3.28. The van der Waals surface area contributed by atoms with E-state index >= 15 is 0 Å². The number of hydrogen-bond donors (Lipinski definition) is 1. The van der Waals surface area contributed by atoms with Crippen LogP contribution in [0.3, 0.4) is 0 Å². The molecule has 0 aliphatic carbocycles. The smallest absolute Gasteiger partial charge is 0.227 e. The zero-order valence-corrected chi connectivity index (χ0v) is 14.3. The molecular weight excluding hydrogens is 310 g/mol. The summed E-state index contributed by atoms with van der Waals surface area (Å²) >= 11 is 1.78. The number of anilines is 1. The number of nitrogens with zero attached hydrogens (tertiary/aromatic N) is 2. The number of hydrogen-bond acceptors (Lipinski definition) is 4. The van der Waals surface area contributed by atoms with E-state index in [0.29, 0.717) is 6.42 Å². The van der Waals surface area contributed by atoms with Gasteiger partial charge in [-0.2, -0.15) is 0 Å². The first-order valence-corrected chi connectivity index (χ1v) is 9.18. The highest BCUT2D eigenvalue weighted by Crippen LogP contribution is 2.34. The lowest BCUT2D eigenvalue weighted by atomic mass is 10.1. The molecule has 1 aromatic rings. The summed E-state index contributed by atoms with van der Waals surface area (Å²) in [6.07, 6.45) is 0.587. The topological polar surface area (TPSA) is 52.7 Å². The Bertz CT molecular complexity index is 593. The van der Waals surface area contributed by atoms with Gasteiger partial charge < -0.3 is 15.1 Å². The van der Waals surface area contributed by atoms with Gasteiger partial charge in [0, 0.05) is 55.7 Å². The van der Waals surface area contributed by atoms with Gasteiger partial charge in [0.05, 0.1) is 5.69 Å². The molecule has 0 bridgehead atoms. The molecule has 3 rings (SSSR count). The van der Waals surface area contributed by atoms with Crippen molar-refractivity contribution in [1.82, 2.24) is 10.2 Å². The fourth-order valence-electron chi connectivity index (χ4n) is 3.13. The Morgan fingerprint density at radius 1 is 1.22 bits per heavy atom. The second-order valence-electron chi connectivity index (χ2n) is 6.00. The van der Waals surface area contributed by atoms with Crippen LogP contribution in [0, 0.1) is 0 Å². The first-order chi connectivity index (χ1) is 11.2. The number of benzene rings is 1. The van der Waals surface area contributed by atoms with Gasteiger partial charge in [-0.15, -0.1) is 11.8 Å². The fourth-order valence-corrected chi connectivity index (χ4v) is 4.13. The first kappa shape index (κ1) is 16.3. The Balaban J connectivity index is 1.59. The molecule has 5 nitrogen and oxygen atoms in total. The molecule has 124 valence electrons. The molecule has 1 saturated heterocycles. The van der Waals surface area contributed by atoms with Crippen molar-refractivity contribution in [3.63, 3.8) is 0 Å². The van der Waals surface area contributed by atoms with Gasteiger partial charge in [0.2, 0.25) is 11.8 Å². The van der Waals surface area contributed by atoms with Gasteiger partial charge in [-0.1, -0.05) is 12.1 Å². The minimum absolute atomic E-state index is 0.0499.